The Morgan fingerprint density at radius 3 is 2.13 bits per heavy atom. The standard InChI is InChI=1S/C14H24N2O7/c1-7-22-13(21)16(6)10(17)9(8(2)11(18)19)15-12(20)23-14(3,4)5/h8-9H,7H2,1-6H3,(H,15,20)(H,18,19)/t8-,9?/m0/s1. The van der Waals surface area contributed by atoms with Crippen molar-refractivity contribution in [3.05, 3.63) is 0 Å². The van der Waals surface area contributed by atoms with E-state index >= 15 is 0 Å². The fourth-order valence-electron chi connectivity index (χ4n) is 1.50. The van der Waals surface area contributed by atoms with E-state index in [1.165, 1.54) is 6.92 Å². The molecule has 0 aromatic rings. The minimum atomic E-state index is -1.48. The first-order valence-electron chi connectivity index (χ1n) is 7.07. The maximum atomic E-state index is 12.3. The average molecular weight is 332 g/mol. The van der Waals surface area contributed by atoms with E-state index in [1.807, 2.05) is 0 Å². The van der Waals surface area contributed by atoms with Crippen molar-refractivity contribution in [1.29, 1.82) is 0 Å². The number of alkyl carbamates (subject to hydrolysis) is 1. The van der Waals surface area contributed by atoms with Crippen LogP contribution in [0.15, 0.2) is 0 Å². The quantitative estimate of drug-likeness (QED) is 0.776. The number of amides is 3. The molecule has 0 radical (unpaired) electrons. The van der Waals surface area contributed by atoms with Gasteiger partial charge in [-0.3, -0.25) is 9.59 Å². The van der Waals surface area contributed by atoms with Gasteiger partial charge in [-0.1, -0.05) is 0 Å². The highest BCUT2D eigenvalue weighted by Gasteiger charge is 2.36. The van der Waals surface area contributed by atoms with Crippen molar-refractivity contribution in [3.8, 4) is 0 Å². The summed E-state index contributed by atoms with van der Waals surface area (Å²) in [5.41, 5.74) is -0.822. The Labute approximate surface area is 134 Å². The van der Waals surface area contributed by atoms with Gasteiger partial charge >= 0.3 is 18.2 Å². The number of rotatable bonds is 5. The lowest BCUT2D eigenvalue weighted by Gasteiger charge is -2.27. The van der Waals surface area contributed by atoms with Gasteiger partial charge in [0.15, 0.2) is 0 Å². The van der Waals surface area contributed by atoms with Crippen LogP contribution < -0.4 is 5.32 Å². The van der Waals surface area contributed by atoms with Crippen LogP contribution >= 0.6 is 0 Å². The Balaban J connectivity index is 5.23. The second-order valence-corrected chi connectivity index (χ2v) is 5.85. The van der Waals surface area contributed by atoms with Gasteiger partial charge in [-0.25, -0.2) is 14.5 Å². The van der Waals surface area contributed by atoms with Gasteiger partial charge in [0.1, 0.15) is 11.6 Å². The Hall–Kier alpha value is -2.32. The molecule has 1 unspecified atom stereocenters. The molecule has 0 aromatic heterocycles. The highest BCUT2D eigenvalue weighted by molar-refractivity contribution is 5.98. The van der Waals surface area contributed by atoms with E-state index in [2.05, 4.69) is 10.1 Å². The molecule has 0 bridgehead atoms. The summed E-state index contributed by atoms with van der Waals surface area (Å²) in [5, 5.41) is 11.3. The van der Waals surface area contributed by atoms with Crippen LogP contribution in [-0.2, 0) is 19.1 Å². The minimum absolute atomic E-state index is 0.0507. The van der Waals surface area contributed by atoms with Gasteiger partial charge in [0.25, 0.3) is 5.91 Å². The molecule has 23 heavy (non-hydrogen) atoms. The minimum Gasteiger partial charge on any atom is -0.481 e. The number of nitrogens with zero attached hydrogens (tertiary/aromatic N) is 1. The molecule has 0 aromatic carbocycles. The first-order chi connectivity index (χ1) is 10.4. The fraction of sp³-hybridized carbons (Fsp3) is 0.714. The third-order valence-electron chi connectivity index (χ3n) is 2.70. The molecule has 0 saturated carbocycles. The molecule has 132 valence electrons. The van der Waals surface area contributed by atoms with Gasteiger partial charge in [0, 0.05) is 7.05 Å². The SMILES string of the molecule is CCOC(=O)N(C)C(=O)C(NC(=O)OC(C)(C)C)[C@H](C)C(=O)O. The van der Waals surface area contributed by atoms with E-state index in [0.29, 0.717) is 4.90 Å². The largest absolute Gasteiger partial charge is 0.481 e. The molecule has 0 heterocycles. The zero-order valence-corrected chi connectivity index (χ0v) is 14.2. The van der Waals surface area contributed by atoms with E-state index < -0.39 is 41.6 Å². The maximum absolute atomic E-state index is 12.3. The molecule has 3 amide bonds. The lowest BCUT2D eigenvalue weighted by Crippen LogP contribution is -2.54. The third-order valence-corrected chi connectivity index (χ3v) is 2.70. The second-order valence-electron chi connectivity index (χ2n) is 5.85. The summed E-state index contributed by atoms with van der Waals surface area (Å²) < 4.78 is 9.68. The van der Waals surface area contributed by atoms with Crippen LogP contribution in [0, 0.1) is 5.92 Å². The molecule has 0 rings (SSSR count). The number of hydrogen-bond acceptors (Lipinski definition) is 6. The molecule has 0 aliphatic heterocycles. The van der Waals surface area contributed by atoms with E-state index in [0.717, 1.165) is 7.05 Å². The monoisotopic (exact) mass is 332 g/mol. The van der Waals surface area contributed by atoms with Crippen molar-refractivity contribution in [2.45, 2.75) is 46.3 Å². The lowest BCUT2D eigenvalue weighted by atomic mass is 10.0. The number of carboxylic acids is 1. The predicted molar refractivity (Wildman–Crippen MR) is 79.7 cm³/mol. The summed E-state index contributed by atoms with van der Waals surface area (Å²) in [7, 11) is 1.14. The van der Waals surface area contributed by atoms with E-state index in [1.54, 1.807) is 27.7 Å². The van der Waals surface area contributed by atoms with Crippen LogP contribution in [0.1, 0.15) is 34.6 Å². The smallest absolute Gasteiger partial charge is 0.416 e. The van der Waals surface area contributed by atoms with Gasteiger partial charge in [-0.05, 0) is 34.6 Å². The number of ether oxygens (including phenoxy) is 2. The number of nitrogens with one attached hydrogen (secondary N) is 1. The first kappa shape index (κ1) is 20.7. The van der Waals surface area contributed by atoms with Gasteiger partial charge in [0.2, 0.25) is 0 Å². The van der Waals surface area contributed by atoms with E-state index in [-0.39, 0.29) is 6.61 Å². The van der Waals surface area contributed by atoms with Crippen LogP contribution in [-0.4, -0.2) is 59.4 Å². The second kappa shape index (κ2) is 8.35. The Bertz CT molecular complexity index is 470. The summed E-state index contributed by atoms with van der Waals surface area (Å²) in [6.45, 7) is 7.71. The molecule has 0 aliphatic rings. The van der Waals surface area contributed by atoms with Crippen LogP contribution in [0.2, 0.25) is 0 Å². The maximum Gasteiger partial charge on any atom is 0.416 e. The Morgan fingerprint density at radius 1 is 1.22 bits per heavy atom. The first-order valence-corrected chi connectivity index (χ1v) is 7.07. The summed E-state index contributed by atoms with van der Waals surface area (Å²) in [5.74, 6) is -3.49. The lowest BCUT2D eigenvalue weighted by molar-refractivity contribution is -0.146. The number of aliphatic carboxylic acids is 1. The van der Waals surface area contributed by atoms with Crippen molar-refractivity contribution >= 4 is 24.1 Å². The Kier molecular flexibility index (Phi) is 7.51. The molecule has 0 saturated heterocycles. The van der Waals surface area contributed by atoms with Crippen LogP contribution in [0.25, 0.3) is 0 Å². The number of imide groups is 1. The molecule has 0 aliphatic carbocycles. The van der Waals surface area contributed by atoms with Crippen molar-refractivity contribution in [1.82, 2.24) is 10.2 Å². The molecule has 9 nitrogen and oxygen atoms in total. The number of carboxylic acid groups (broad SMARTS) is 1. The van der Waals surface area contributed by atoms with Crippen LogP contribution in [0.5, 0.6) is 0 Å². The van der Waals surface area contributed by atoms with Gasteiger partial charge in [-0.15, -0.1) is 0 Å². The van der Waals surface area contributed by atoms with Crippen molar-refractivity contribution in [3.63, 3.8) is 0 Å². The summed E-state index contributed by atoms with van der Waals surface area (Å²) in [6.07, 6.45) is -1.90. The molecule has 9 heteroatoms. The van der Waals surface area contributed by atoms with Crippen molar-refractivity contribution < 1.29 is 33.8 Å². The van der Waals surface area contributed by atoms with Gasteiger partial charge < -0.3 is 19.9 Å². The van der Waals surface area contributed by atoms with Crippen LogP contribution in [0.4, 0.5) is 9.59 Å². The number of carbonyl (C=O) groups is 4. The summed E-state index contributed by atoms with van der Waals surface area (Å²) >= 11 is 0. The third kappa shape index (κ3) is 6.98. The van der Waals surface area contributed by atoms with Crippen LogP contribution in [0.3, 0.4) is 0 Å². The highest BCUT2D eigenvalue weighted by atomic mass is 16.6. The fourth-order valence-corrected chi connectivity index (χ4v) is 1.50. The molecule has 2 N–H and O–H groups in total. The summed E-state index contributed by atoms with van der Waals surface area (Å²) in [6, 6.07) is -1.48. The Morgan fingerprint density at radius 2 is 1.74 bits per heavy atom. The molecule has 2 atom stereocenters. The van der Waals surface area contributed by atoms with Crippen molar-refractivity contribution in [2.24, 2.45) is 5.92 Å². The molecule has 0 fully saturated rings. The number of likely N-dealkylation sites (N-methyl/N-ethyl adjacent to an activating group) is 1. The highest BCUT2D eigenvalue weighted by Crippen LogP contribution is 2.11. The zero-order valence-electron chi connectivity index (χ0n) is 14.2. The normalized spacial score (nSPS) is 13.5. The molecule has 0 spiro atoms. The molecular formula is C14H24N2O7. The number of carbonyl (C=O) groups excluding carboxylic acids is 3. The summed E-state index contributed by atoms with van der Waals surface area (Å²) in [4.78, 5) is 47.5. The van der Waals surface area contributed by atoms with Gasteiger partial charge in [0.05, 0.1) is 12.5 Å². The van der Waals surface area contributed by atoms with Crippen molar-refractivity contribution in [2.75, 3.05) is 13.7 Å². The zero-order chi connectivity index (χ0) is 18.4. The predicted octanol–water partition coefficient (Wildman–Crippen LogP) is 1.22. The molecular weight excluding hydrogens is 308 g/mol. The topological polar surface area (TPSA) is 122 Å². The number of hydrogen-bond donors (Lipinski definition) is 2. The van der Waals surface area contributed by atoms with E-state index in [4.69, 9.17) is 9.84 Å². The van der Waals surface area contributed by atoms with Gasteiger partial charge in [-0.2, -0.15) is 0 Å². The van der Waals surface area contributed by atoms with E-state index in [9.17, 15) is 19.2 Å². The average Bonchev–Trinajstić information content (AvgIpc) is 2.40.